The number of rotatable bonds is 6. The molecule has 0 spiro atoms. The molecule has 0 saturated heterocycles. The van der Waals surface area contributed by atoms with Crippen LogP contribution in [0, 0.1) is 5.82 Å². The van der Waals surface area contributed by atoms with Gasteiger partial charge >= 0.3 is 5.97 Å². The fourth-order valence-corrected chi connectivity index (χ4v) is 1.25. The average Bonchev–Trinajstić information content (AvgIpc) is 2.35. The summed E-state index contributed by atoms with van der Waals surface area (Å²) in [5.41, 5.74) is 0. The summed E-state index contributed by atoms with van der Waals surface area (Å²) >= 11 is 0. The molecule has 0 fully saturated rings. The maximum Gasteiger partial charge on any atom is 0.334 e. The van der Waals surface area contributed by atoms with Gasteiger partial charge in [0, 0.05) is 0 Å². The highest BCUT2D eigenvalue weighted by Gasteiger charge is 2.14. The monoisotopic (exact) mass is 242 g/mol. The van der Waals surface area contributed by atoms with Crippen molar-refractivity contribution in [2.24, 2.45) is 0 Å². The number of hydrogen-bond acceptors (Lipinski definition) is 4. The number of ether oxygens (including phenoxy) is 2. The van der Waals surface area contributed by atoms with E-state index in [-0.39, 0.29) is 12.2 Å². The fourth-order valence-electron chi connectivity index (χ4n) is 1.25. The van der Waals surface area contributed by atoms with E-state index < -0.39 is 12.1 Å². The smallest absolute Gasteiger partial charge is 0.334 e. The summed E-state index contributed by atoms with van der Waals surface area (Å²) in [5, 5.41) is 9.27. The Bertz CT molecular complexity index is 350. The summed E-state index contributed by atoms with van der Waals surface area (Å²) in [4.78, 5) is 10.9. The lowest BCUT2D eigenvalue weighted by atomic mass is 10.2. The van der Waals surface area contributed by atoms with E-state index in [1.165, 1.54) is 31.4 Å². The van der Waals surface area contributed by atoms with Crippen molar-refractivity contribution in [3.05, 3.63) is 30.1 Å². The molecule has 1 aromatic carbocycles. The second-order valence-electron chi connectivity index (χ2n) is 3.48. The normalized spacial score (nSPS) is 11.9. The van der Waals surface area contributed by atoms with Crippen LogP contribution in [0.15, 0.2) is 24.3 Å². The van der Waals surface area contributed by atoms with E-state index >= 15 is 0 Å². The first-order valence-corrected chi connectivity index (χ1v) is 5.27. The molecule has 0 radical (unpaired) electrons. The maximum atomic E-state index is 12.6. The Kier molecular flexibility index (Phi) is 5.42. The van der Waals surface area contributed by atoms with Gasteiger partial charge in [-0.05, 0) is 37.1 Å². The third-order valence-corrected chi connectivity index (χ3v) is 2.18. The van der Waals surface area contributed by atoms with Crippen molar-refractivity contribution >= 4 is 5.97 Å². The summed E-state index contributed by atoms with van der Waals surface area (Å²) in [6.45, 7) is 0.347. The Morgan fingerprint density at radius 2 is 2.06 bits per heavy atom. The molecule has 5 heteroatoms. The van der Waals surface area contributed by atoms with Crippen molar-refractivity contribution in [3.63, 3.8) is 0 Å². The molecule has 94 valence electrons. The molecular weight excluding hydrogens is 227 g/mol. The van der Waals surface area contributed by atoms with E-state index in [0.717, 1.165) is 0 Å². The van der Waals surface area contributed by atoms with Crippen molar-refractivity contribution in [1.82, 2.24) is 0 Å². The van der Waals surface area contributed by atoms with E-state index in [4.69, 9.17) is 4.74 Å². The largest absolute Gasteiger partial charge is 0.494 e. The maximum absolute atomic E-state index is 12.6. The van der Waals surface area contributed by atoms with Crippen molar-refractivity contribution in [2.75, 3.05) is 13.7 Å². The summed E-state index contributed by atoms with van der Waals surface area (Å²) in [5.74, 6) is -0.413. The van der Waals surface area contributed by atoms with Crippen LogP contribution in [0.25, 0.3) is 0 Å². The first-order chi connectivity index (χ1) is 8.13. The molecule has 0 aliphatic carbocycles. The lowest BCUT2D eigenvalue weighted by Crippen LogP contribution is -2.22. The predicted octanol–water partition coefficient (Wildman–Crippen LogP) is 1.52. The number of hydrogen-bond donors (Lipinski definition) is 1. The zero-order valence-electron chi connectivity index (χ0n) is 9.56. The molecule has 1 aromatic rings. The molecule has 1 unspecified atom stereocenters. The molecular formula is C12H15FO4. The van der Waals surface area contributed by atoms with E-state index in [1.807, 2.05) is 0 Å². The van der Waals surface area contributed by atoms with Crippen LogP contribution >= 0.6 is 0 Å². The van der Waals surface area contributed by atoms with Gasteiger partial charge in [-0.2, -0.15) is 0 Å². The Morgan fingerprint density at radius 3 is 2.65 bits per heavy atom. The molecule has 17 heavy (non-hydrogen) atoms. The van der Waals surface area contributed by atoms with Gasteiger partial charge in [-0.25, -0.2) is 9.18 Å². The third-order valence-electron chi connectivity index (χ3n) is 2.18. The number of carbonyl (C=O) groups excluding carboxylic acids is 1. The quantitative estimate of drug-likeness (QED) is 0.607. The molecule has 0 aliphatic heterocycles. The number of aliphatic hydroxyl groups excluding tert-OH is 1. The first kappa shape index (κ1) is 13.4. The van der Waals surface area contributed by atoms with Crippen LogP contribution < -0.4 is 4.74 Å². The van der Waals surface area contributed by atoms with E-state index in [2.05, 4.69) is 4.74 Å². The number of carbonyl (C=O) groups is 1. The highest BCUT2D eigenvalue weighted by Crippen LogP contribution is 2.11. The molecule has 1 rings (SSSR count). The van der Waals surface area contributed by atoms with Crippen LogP contribution in [0.1, 0.15) is 12.8 Å². The van der Waals surface area contributed by atoms with Gasteiger partial charge < -0.3 is 14.6 Å². The van der Waals surface area contributed by atoms with Gasteiger partial charge in [0.25, 0.3) is 0 Å². The van der Waals surface area contributed by atoms with Gasteiger partial charge in [-0.3, -0.25) is 0 Å². The lowest BCUT2D eigenvalue weighted by molar-refractivity contribution is -0.150. The van der Waals surface area contributed by atoms with Crippen LogP contribution in [0.3, 0.4) is 0 Å². The molecule has 0 amide bonds. The fraction of sp³-hybridized carbons (Fsp3) is 0.417. The van der Waals surface area contributed by atoms with Gasteiger partial charge in [0.2, 0.25) is 0 Å². The molecule has 0 saturated carbocycles. The average molecular weight is 242 g/mol. The van der Waals surface area contributed by atoms with E-state index in [1.54, 1.807) is 0 Å². The van der Waals surface area contributed by atoms with Gasteiger partial charge in [-0.1, -0.05) is 0 Å². The minimum atomic E-state index is -1.11. The Morgan fingerprint density at radius 1 is 1.41 bits per heavy atom. The highest BCUT2D eigenvalue weighted by molar-refractivity contribution is 5.74. The second kappa shape index (κ2) is 6.85. The Hall–Kier alpha value is -1.62. The highest BCUT2D eigenvalue weighted by atomic mass is 19.1. The van der Waals surface area contributed by atoms with Crippen LogP contribution in [0.4, 0.5) is 4.39 Å². The molecule has 0 aliphatic rings. The van der Waals surface area contributed by atoms with Crippen molar-refractivity contribution in [2.45, 2.75) is 18.9 Å². The van der Waals surface area contributed by atoms with Gasteiger partial charge in [-0.15, -0.1) is 0 Å². The predicted molar refractivity (Wildman–Crippen MR) is 59.2 cm³/mol. The molecule has 0 heterocycles. The molecule has 0 aromatic heterocycles. The molecule has 1 N–H and O–H groups in total. The van der Waals surface area contributed by atoms with Crippen LogP contribution in [0.5, 0.6) is 5.75 Å². The van der Waals surface area contributed by atoms with Crippen LogP contribution in [-0.4, -0.2) is 30.9 Å². The SMILES string of the molecule is COC(=O)C(O)CCCOc1ccc(F)cc1. The van der Waals surface area contributed by atoms with E-state index in [9.17, 15) is 14.3 Å². The topological polar surface area (TPSA) is 55.8 Å². The lowest BCUT2D eigenvalue weighted by Gasteiger charge is -2.09. The zero-order chi connectivity index (χ0) is 12.7. The third kappa shape index (κ3) is 4.82. The van der Waals surface area contributed by atoms with Gasteiger partial charge in [0.1, 0.15) is 11.6 Å². The van der Waals surface area contributed by atoms with Gasteiger partial charge in [0.15, 0.2) is 6.10 Å². The van der Waals surface area contributed by atoms with Crippen molar-refractivity contribution in [3.8, 4) is 5.75 Å². The van der Waals surface area contributed by atoms with E-state index in [0.29, 0.717) is 18.8 Å². The minimum absolute atomic E-state index is 0.272. The van der Waals surface area contributed by atoms with Crippen LogP contribution in [-0.2, 0) is 9.53 Å². The Balaban J connectivity index is 2.20. The number of aliphatic hydroxyl groups is 1. The summed E-state index contributed by atoms with van der Waals surface area (Å²) < 4.78 is 22.2. The number of esters is 1. The number of methoxy groups -OCH3 is 1. The van der Waals surface area contributed by atoms with Crippen molar-refractivity contribution < 1.29 is 23.8 Å². The minimum Gasteiger partial charge on any atom is -0.494 e. The molecule has 0 bridgehead atoms. The molecule has 4 nitrogen and oxygen atoms in total. The molecule has 1 atom stereocenters. The zero-order valence-corrected chi connectivity index (χ0v) is 9.56. The van der Waals surface area contributed by atoms with Crippen LogP contribution in [0.2, 0.25) is 0 Å². The standard InChI is InChI=1S/C12H15FO4/c1-16-12(15)11(14)3-2-8-17-10-6-4-9(13)5-7-10/h4-7,11,14H,2-3,8H2,1H3. The second-order valence-corrected chi connectivity index (χ2v) is 3.48. The summed E-state index contributed by atoms with van der Waals surface area (Å²) in [6, 6.07) is 5.65. The Labute approximate surface area is 99.0 Å². The number of halogens is 1. The summed E-state index contributed by atoms with van der Waals surface area (Å²) in [7, 11) is 1.22. The number of benzene rings is 1. The first-order valence-electron chi connectivity index (χ1n) is 5.27. The summed E-state index contributed by atoms with van der Waals surface area (Å²) in [6.07, 6.45) is -0.335. The van der Waals surface area contributed by atoms with Crippen molar-refractivity contribution in [1.29, 1.82) is 0 Å². The van der Waals surface area contributed by atoms with Gasteiger partial charge in [0.05, 0.1) is 13.7 Å².